The first-order chi connectivity index (χ1) is 6.24. The van der Waals surface area contributed by atoms with Gasteiger partial charge < -0.3 is 5.73 Å². The van der Waals surface area contributed by atoms with Crippen LogP contribution in [0.3, 0.4) is 0 Å². The normalized spacial score (nSPS) is 10.9. The predicted molar refractivity (Wildman–Crippen MR) is 65.7 cm³/mol. The number of thioether (sulfide) groups is 1. The SMILES string of the molecule is CSc1csc2c(Br)ccc(N)c12. The van der Waals surface area contributed by atoms with Crippen LogP contribution in [0.1, 0.15) is 0 Å². The second-order valence-corrected chi connectivity index (χ2v) is 5.23. The van der Waals surface area contributed by atoms with Crippen molar-refractivity contribution < 1.29 is 0 Å². The predicted octanol–water partition coefficient (Wildman–Crippen LogP) is 3.97. The molecule has 0 amide bonds. The molecular weight excluding hydrogens is 266 g/mol. The van der Waals surface area contributed by atoms with Crippen LogP contribution in [0.5, 0.6) is 0 Å². The van der Waals surface area contributed by atoms with Crippen molar-refractivity contribution in [1.82, 2.24) is 0 Å². The van der Waals surface area contributed by atoms with Gasteiger partial charge in [-0.15, -0.1) is 23.1 Å². The maximum absolute atomic E-state index is 5.92. The number of hydrogen-bond acceptors (Lipinski definition) is 3. The molecule has 1 nitrogen and oxygen atoms in total. The molecule has 0 saturated carbocycles. The Morgan fingerprint density at radius 1 is 1.46 bits per heavy atom. The Hall–Kier alpha value is -0.190. The summed E-state index contributed by atoms with van der Waals surface area (Å²) in [4.78, 5) is 1.26. The molecule has 0 spiro atoms. The number of fused-ring (bicyclic) bond motifs is 1. The molecule has 2 rings (SSSR count). The largest absolute Gasteiger partial charge is 0.398 e. The lowest BCUT2D eigenvalue weighted by atomic mass is 10.2. The molecule has 0 atom stereocenters. The van der Waals surface area contributed by atoms with Crippen LogP contribution in [0.4, 0.5) is 5.69 Å². The number of halogens is 1. The molecule has 0 fully saturated rings. The average molecular weight is 274 g/mol. The van der Waals surface area contributed by atoms with Crippen LogP contribution in [0, 0.1) is 0 Å². The van der Waals surface area contributed by atoms with Gasteiger partial charge in [0.2, 0.25) is 0 Å². The third kappa shape index (κ3) is 1.47. The zero-order valence-electron chi connectivity index (χ0n) is 7.00. The highest BCUT2D eigenvalue weighted by atomic mass is 79.9. The van der Waals surface area contributed by atoms with E-state index in [1.807, 2.05) is 12.1 Å². The highest BCUT2D eigenvalue weighted by Crippen LogP contribution is 2.39. The molecule has 1 heterocycles. The lowest BCUT2D eigenvalue weighted by molar-refractivity contribution is 1.64. The van der Waals surface area contributed by atoms with Gasteiger partial charge in [0, 0.05) is 25.8 Å². The van der Waals surface area contributed by atoms with Crippen LogP contribution in [0.25, 0.3) is 10.1 Å². The Labute approximate surface area is 93.4 Å². The molecule has 0 saturated heterocycles. The molecule has 0 unspecified atom stereocenters. The highest BCUT2D eigenvalue weighted by molar-refractivity contribution is 9.10. The number of benzene rings is 1. The minimum absolute atomic E-state index is 0.865. The van der Waals surface area contributed by atoms with E-state index in [0.717, 1.165) is 10.2 Å². The first-order valence-corrected chi connectivity index (χ1v) is 6.63. The maximum Gasteiger partial charge on any atom is 0.0517 e. The van der Waals surface area contributed by atoms with Gasteiger partial charge in [0.1, 0.15) is 0 Å². The van der Waals surface area contributed by atoms with Crippen LogP contribution in [-0.2, 0) is 0 Å². The van der Waals surface area contributed by atoms with Crippen molar-refractivity contribution in [2.45, 2.75) is 4.90 Å². The standard InChI is InChI=1S/C9H8BrNS2/c1-12-7-4-13-9-5(10)2-3-6(11)8(7)9/h2-4H,11H2,1H3. The van der Waals surface area contributed by atoms with E-state index < -0.39 is 0 Å². The van der Waals surface area contributed by atoms with Crippen molar-refractivity contribution in [3.05, 3.63) is 22.0 Å². The number of thiophene rings is 1. The average Bonchev–Trinajstić information content (AvgIpc) is 2.56. The summed E-state index contributed by atoms with van der Waals surface area (Å²) in [5, 5.41) is 3.34. The molecule has 0 aliphatic rings. The van der Waals surface area contributed by atoms with Gasteiger partial charge in [-0.1, -0.05) is 0 Å². The summed E-state index contributed by atoms with van der Waals surface area (Å²) in [6.07, 6.45) is 2.07. The molecule has 1 aromatic carbocycles. The molecular formula is C9H8BrNS2. The molecule has 0 aliphatic heterocycles. The van der Waals surface area contributed by atoms with Gasteiger partial charge >= 0.3 is 0 Å². The fourth-order valence-electron chi connectivity index (χ4n) is 1.26. The van der Waals surface area contributed by atoms with Crippen molar-refractivity contribution in [1.29, 1.82) is 0 Å². The van der Waals surface area contributed by atoms with E-state index in [-0.39, 0.29) is 0 Å². The Bertz CT molecular complexity index is 450. The van der Waals surface area contributed by atoms with Gasteiger partial charge in [0.05, 0.1) is 4.70 Å². The summed E-state index contributed by atoms with van der Waals surface area (Å²) in [5.74, 6) is 0. The van der Waals surface area contributed by atoms with Gasteiger partial charge in [0.15, 0.2) is 0 Å². The zero-order valence-corrected chi connectivity index (χ0v) is 10.2. The van der Waals surface area contributed by atoms with E-state index in [0.29, 0.717) is 0 Å². The molecule has 4 heteroatoms. The lowest BCUT2D eigenvalue weighted by Crippen LogP contribution is -1.85. The van der Waals surface area contributed by atoms with E-state index in [1.165, 1.54) is 15.0 Å². The summed E-state index contributed by atoms with van der Waals surface area (Å²) < 4.78 is 2.37. The smallest absolute Gasteiger partial charge is 0.0517 e. The van der Waals surface area contributed by atoms with Crippen molar-refractivity contribution in [2.24, 2.45) is 0 Å². The van der Waals surface area contributed by atoms with Gasteiger partial charge in [-0.3, -0.25) is 0 Å². The molecule has 68 valence electrons. The van der Waals surface area contributed by atoms with Gasteiger partial charge in [-0.25, -0.2) is 0 Å². The quantitative estimate of drug-likeness (QED) is 0.629. The van der Waals surface area contributed by atoms with Crippen molar-refractivity contribution in [2.75, 3.05) is 12.0 Å². The molecule has 13 heavy (non-hydrogen) atoms. The fraction of sp³-hybridized carbons (Fsp3) is 0.111. The van der Waals surface area contributed by atoms with Crippen LogP contribution < -0.4 is 5.73 Å². The lowest BCUT2D eigenvalue weighted by Gasteiger charge is -2.00. The van der Waals surface area contributed by atoms with Gasteiger partial charge in [-0.2, -0.15) is 0 Å². The topological polar surface area (TPSA) is 26.0 Å². The zero-order chi connectivity index (χ0) is 9.42. The van der Waals surface area contributed by atoms with E-state index in [4.69, 9.17) is 5.73 Å². The summed E-state index contributed by atoms with van der Waals surface area (Å²) in [6, 6.07) is 3.94. The monoisotopic (exact) mass is 273 g/mol. The number of hydrogen-bond donors (Lipinski definition) is 1. The second-order valence-electron chi connectivity index (χ2n) is 2.64. The minimum Gasteiger partial charge on any atom is -0.398 e. The third-order valence-electron chi connectivity index (χ3n) is 1.89. The Morgan fingerprint density at radius 2 is 2.23 bits per heavy atom. The van der Waals surface area contributed by atoms with Crippen LogP contribution in [0.2, 0.25) is 0 Å². The second kappa shape index (κ2) is 3.52. The molecule has 0 bridgehead atoms. The summed E-state index contributed by atoms with van der Waals surface area (Å²) in [7, 11) is 0. The molecule has 1 aromatic heterocycles. The van der Waals surface area contributed by atoms with Crippen LogP contribution >= 0.6 is 39.0 Å². The van der Waals surface area contributed by atoms with E-state index >= 15 is 0 Å². The summed E-state index contributed by atoms with van der Waals surface area (Å²) in [5.41, 5.74) is 6.78. The Kier molecular flexibility index (Phi) is 2.53. The molecule has 0 aliphatic carbocycles. The van der Waals surface area contributed by atoms with Gasteiger partial charge in [0.25, 0.3) is 0 Å². The molecule has 2 aromatic rings. The highest BCUT2D eigenvalue weighted by Gasteiger charge is 2.08. The Balaban J connectivity index is 2.87. The van der Waals surface area contributed by atoms with E-state index in [2.05, 4.69) is 27.6 Å². The van der Waals surface area contributed by atoms with Gasteiger partial charge in [-0.05, 0) is 34.3 Å². The Morgan fingerprint density at radius 3 is 2.92 bits per heavy atom. The van der Waals surface area contributed by atoms with Crippen LogP contribution in [0.15, 0.2) is 26.9 Å². The first kappa shape index (κ1) is 9.37. The van der Waals surface area contributed by atoms with E-state index in [9.17, 15) is 0 Å². The fourth-order valence-corrected chi connectivity index (χ4v) is 3.76. The summed E-state index contributed by atoms with van der Waals surface area (Å²) in [6.45, 7) is 0. The first-order valence-electron chi connectivity index (χ1n) is 3.73. The number of nitrogens with two attached hydrogens (primary N) is 1. The number of rotatable bonds is 1. The van der Waals surface area contributed by atoms with Crippen molar-refractivity contribution >= 4 is 54.8 Å². The summed E-state index contributed by atoms with van der Waals surface area (Å²) >= 11 is 6.99. The van der Waals surface area contributed by atoms with Crippen molar-refractivity contribution in [3.63, 3.8) is 0 Å². The molecule has 0 radical (unpaired) electrons. The minimum atomic E-state index is 0.865. The number of anilines is 1. The number of nitrogen functional groups attached to an aromatic ring is 1. The molecule has 2 N–H and O–H groups in total. The van der Waals surface area contributed by atoms with Crippen LogP contribution in [-0.4, -0.2) is 6.26 Å². The van der Waals surface area contributed by atoms with Crippen molar-refractivity contribution in [3.8, 4) is 0 Å². The third-order valence-corrected chi connectivity index (χ3v) is 4.74. The maximum atomic E-state index is 5.92. The van der Waals surface area contributed by atoms with E-state index in [1.54, 1.807) is 23.1 Å².